The number of furan rings is 1. The van der Waals surface area contributed by atoms with Crippen LogP contribution in [0.5, 0.6) is 0 Å². The Morgan fingerprint density at radius 3 is 2.24 bits per heavy atom. The fourth-order valence-electron chi connectivity index (χ4n) is 1.50. The molecule has 0 bridgehead atoms. The molecule has 1 aromatic heterocycles. The Bertz CT molecular complexity index is 365. The molecule has 0 spiro atoms. The first-order valence-electron chi connectivity index (χ1n) is 5.25. The highest BCUT2D eigenvalue weighted by molar-refractivity contribution is 5.86. The maximum atomic E-state index is 8.66. The molecule has 2 N–H and O–H groups in total. The van der Waals surface area contributed by atoms with Crippen LogP contribution in [0.15, 0.2) is 33.1 Å². The summed E-state index contributed by atoms with van der Waals surface area (Å²) >= 11 is 0. The van der Waals surface area contributed by atoms with Crippen LogP contribution in [-0.2, 0) is 6.54 Å². The summed E-state index contributed by atoms with van der Waals surface area (Å²) in [5.41, 5.74) is 1.17. The average Bonchev–Trinajstić information content (AvgIpc) is 2.81. The van der Waals surface area contributed by atoms with Crippen LogP contribution in [0.3, 0.4) is 0 Å². The molecule has 6 nitrogen and oxygen atoms in total. The predicted molar refractivity (Wildman–Crippen MR) is 63.8 cm³/mol. The van der Waals surface area contributed by atoms with Crippen LogP contribution in [-0.4, -0.2) is 39.8 Å². The standard InChI is InChI=1S/C11H17N3O3/c1-9(12-15)6-14(7-10(2)13-16)8-11-4-3-5-17-11/h3-5,15-16H,6-8H2,1-2H3/b12-9+,13-10+. The summed E-state index contributed by atoms with van der Waals surface area (Å²) in [6, 6.07) is 3.68. The van der Waals surface area contributed by atoms with E-state index >= 15 is 0 Å². The van der Waals surface area contributed by atoms with E-state index in [1.807, 2.05) is 17.0 Å². The molecule has 0 radical (unpaired) electrons. The Kier molecular flexibility index (Phi) is 5.22. The molecule has 0 fully saturated rings. The van der Waals surface area contributed by atoms with E-state index in [1.54, 1.807) is 20.1 Å². The molecule has 0 aromatic carbocycles. The third-order valence-electron chi connectivity index (χ3n) is 2.21. The Labute approximate surface area is 99.8 Å². The highest BCUT2D eigenvalue weighted by Gasteiger charge is 2.11. The minimum Gasteiger partial charge on any atom is -0.468 e. The van der Waals surface area contributed by atoms with Crippen molar-refractivity contribution in [2.24, 2.45) is 10.3 Å². The smallest absolute Gasteiger partial charge is 0.117 e. The van der Waals surface area contributed by atoms with E-state index < -0.39 is 0 Å². The van der Waals surface area contributed by atoms with Crippen molar-refractivity contribution in [3.8, 4) is 0 Å². The van der Waals surface area contributed by atoms with Gasteiger partial charge in [0.25, 0.3) is 0 Å². The number of hydrogen-bond acceptors (Lipinski definition) is 6. The lowest BCUT2D eigenvalue weighted by Gasteiger charge is -2.19. The normalized spacial score (nSPS) is 13.4. The number of rotatable bonds is 6. The number of nitrogens with zero attached hydrogens (tertiary/aromatic N) is 3. The third kappa shape index (κ3) is 4.69. The lowest BCUT2D eigenvalue weighted by molar-refractivity contribution is 0.282. The first-order chi connectivity index (χ1) is 8.15. The van der Waals surface area contributed by atoms with Gasteiger partial charge in [-0.1, -0.05) is 10.3 Å². The second-order valence-electron chi connectivity index (χ2n) is 3.90. The van der Waals surface area contributed by atoms with E-state index in [2.05, 4.69) is 10.3 Å². The summed E-state index contributed by atoms with van der Waals surface area (Å²) < 4.78 is 5.25. The van der Waals surface area contributed by atoms with Gasteiger partial charge in [0.1, 0.15) is 5.76 Å². The summed E-state index contributed by atoms with van der Waals surface area (Å²) in [5.74, 6) is 0.807. The fraction of sp³-hybridized carbons (Fsp3) is 0.455. The van der Waals surface area contributed by atoms with Crippen molar-refractivity contribution in [1.29, 1.82) is 0 Å². The second kappa shape index (κ2) is 6.70. The molecule has 0 amide bonds. The molecule has 0 aliphatic carbocycles. The van der Waals surface area contributed by atoms with Crippen molar-refractivity contribution in [3.05, 3.63) is 24.2 Å². The molecule has 0 aliphatic rings. The molecule has 0 aliphatic heterocycles. The van der Waals surface area contributed by atoms with Gasteiger partial charge < -0.3 is 14.8 Å². The Morgan fingerprint density at radius 1 is 1.24 bits per heavy atom. The van der Waals surface area contributed by atoms with Crippen LogP contribution >= 0.6 is 0 Å². The lowest BCUT2D eigenvalue weighted by atomic mass is 10.3. The van der Waals surface area contributed by atoms with Gasteiger partial charge in [0.15, 0.2) is 0 Å². The first kappa shape index (κ1) is 13.2. The molecule has 0 saturated carbocycles. The van der Waals surface area contributed by atoms with Crippen LogP contribution in [0.4, 0.5) is 0 Å². The van der Waals surface area contributed by atoms with Crippen molar-refractivity contribution in [2.75, 3.05) is 13.1 Å². The third-order valence-corrected chi connectivity index (χ3v) is 2.21. The zero-order valence-electron chi connectivity index (χ0n) is 10.00. The van der Waals surface area contributed by atoms with Crippen molar-refractivity contribution >= 4 is 11.4 Å². The topological polar surface area (TPSA) is 81.6 Å². The molecule has 94 valence electrons. The fourth-order valence-corrected chi connectivity index (χ4v) is 1.50. The summed E-state index contributed by atoms with van der Waals surface area (Å²) in [7, 11) is 0. The molecular weight excluding hydrogens is 222 g/mol. The van der Waals surface area contributed by atoms with Crippen molar-refractivity contribution in [1.82, 2.24) is 4.90 Å². The maximum Gasteiger partial charge on any atom is 0.117 e. The van der Waals surface area contributed by atoms with Crippen LogP contribution in [0, 0.1) is 0 Å². The van der Waals surface area contributed by atoms with Gasteiger partial charge in [0, 0.05) is 13.1 Å². The number of hydrogen-bond donors (Lipinski definition) is 2. The minimum absolute atomic E-state index is 0.476. The van der Waals surface area contributed by atoms with Gasteiger partial charge in [-0.2, -0.15) is 0 Å². The van der Waals surface area contributed by atoms with Gasteiger partial charge in [-0.3, -0.25) is 4.90 Å². The lowest BCUT2D eigenvalue weighted by Crippen LogP contribution is -2.32. The van der Waals surface area contributed by atoms with Gasteiger partial charge in [-0.15, -0.1) is 0 Å². The molecular formula is C11H17N3O3. The summed E-state index contributed by atoms with van der Waals surface area (Å²) in [5, 5.41) is 23.6. The van der Waals surface area contributed by atoms with Gasteiger partial charge >= 0.3 is 0 Å². The predicted octanol–water partition coefficient (Wildman–Crippen LogP) is 1.78. The van der Waals surface area contributed by atoms with E-state index in [4.69, 9.17) is 14.8 Å². The molecule has 0 unspecified atom stereocenters. The maximum absolute atomic E-state index is 8.66. The first-order valence-corrected chi connectivity index (χ1v) is 5.25. The van der Waals surface area contributed by atoms with E-state index in [0.717, 1.165) is 5.76 Å². The van der Waals surface area contributed by atoms with E-state index in [-0.39, 0.29) is 0 Å². The van der Waals surface area contributed by atoms with E-state index in [0.29, 0.717) is 31.1 Å². The van der Waals surface area contributed by atoms with E-state index in [9.17, 15) is 0 Å². The Balaban J connectivity index is 2.65. The summed E-state index contributed by atoms with van der Waals surface area (Å²) in [6.45, 7) is 4.96. The average molecular weight is 239 g/mol. The molecule has 0 atom stereocenters. The highest BCUT2D eigenvalue weighted by atomic mass is 16.4. The summed E-state index contributed by atoms with van der Waals surface area (Å²) in [6.07, 6.45) is 1.60. The zero-order chi connectivity index (χ0) is 12.7. The number of oxime groups is 2. The van der Waals surface area contributed by atoms with Crippen LogP contribution in [0.1, 0.15) is 19.6 Å². The van der Waals surface area contributed by atoms with Crippen LogP contribution < -0.4 is 0 Å². The largest absolute Gasteiger partial charge is 0.468 e. The van der Waals surface area contributed by atoms with Gasteiger partial charge in [0.2, 0.25) is 0 Å². The summed E-state index contributed by atoms with van der Waals surface area (Å²) in [4.78, 5) is 1.95. The van der Waals surface area contributed by atoms with Crippen molar-refractivity contribution < 1.29 is 14.8 Å². The van der Waals surface area contributed by atoms with Crippen molar-refractivity contribution in [3.63, 3.8) is 0 Å². The SMILES string of the molecule is C/C(CN(C/C(C)=N/O)Cc1ccco1)=N\O. The van der Waals surface area contributed by atoms with Crippen molar-refractivity contribution in [2.45, 2.75) is 20.4 Å². The van der Waals surface area contributed by atoms with Gasteiger partial charge in [-0.25, -0.2) is 0 Å². The minimum atomic E-state index is 0.476. The highest BCUT2D eigenvalue weighted by Crippen LogP contribution is 2.05. The molecule has 6 heteroatoms. The quantitative estimate of drug-likeness (QED) is 0.450. The molecule has 1 heterocycles. The van der Waals surface area contributed by atoms with Crippen LogP contribution in [0.25, 0.3) is 0 Å². The van der Waals surface area contributed by atoms with Gasteiger partial charge in [-0.05, 0) is 26.0 Å². The second-order valence-corrected chi connectivity index (χ2v) is 3.90. The monoisotopic (exact) mass is 239 g/mol. The van der Waals surface area contributed by atoms with E-state index in [1.165, 1.54) is 0 Å². The Hall–Kier alpha value is -1.82. The molecule has 17 heavy (non-hydrogen) atoms. The van der Waals surface area contributed by atoms with Gasteiger partial charge in [0.05, 0.1) is 24.2 Å². The van der Waals surface area contributed by atoms with Crippen LogP contribution in [0.2, 0.25) is 0 Å². The molecule has 0 saturated heterocycles. The Morgan fingerprint density at radius 2 is 1.82 bits per heavy atom. The molecule has 1 aromatic rings. The zero-order valence-corrected chi connectivity index (χ0v) is 10.00. The molecule has 1 rings (SSSR count).